The van der Waals surface area contributed by atoms with E-state index in [1.54, 1.807) is 0 Å². The number of morpholine rings is 1. The number of aromatic nitrogens is 1. The first kappa shape index (κ1) is 18.3. The van der Waals surface area contributed by atoms with Gasteiger partial charge in [0.1, 0.15) is 6.04 Å². The van der Waals surface area contributed by atoms with E-state index in [4.69, 9.17) is 4.74 Å². The van der Waals surface area contributed by atoms with E-state index in [1.807, 2.05) is 12.3 Å². The number of nitrogens with one attached hydrogen (secondary N) is 2. The maximum absolute atomic E-state index is 12.4. The highest BCUT2D eigenvalue weighted by atomic mass is 35.5. The number of nitrogens with zero attached hydrogens (tertiary/aromatic N) is 1. The van der Waals surface area contributed by atoms with Gasteiger partial charge in [-0.25, -0.2) is 4.98 Å². The molecular weight excluding hydrogens is 358 g/mol. The Morgan fingerprint density at radius 3 is 3.04 bits per heavy atom. The van der Waals surface area contributed by atoms with Crippen LogP contribution in [0.3, 0.4) is 0 Å². The molecule has 0 saturated carbocycles. The molecule has 2 heterocycles. The summed E-state index contributed by atoms with van der Waals surface area (Å²) >= 11 is 1.46. The molecule has 0 unspecified atom stereocenters. The molecule has 1 saturated heterocycles. The van der Waals surface area contributed by atoms with Crippen LogP contribution >= 0.6 is 23.7 Å². The topological polar surface area (TPSA) is 63.2 Å². The van der Waals surface area contributed by atoms with Crippen molar-refractivity contribution in [2.45, 2.75) is 38.3 Å². The van der Waals surface area contributed by atoms with Crippen molar-refractivity contribution in [2.24, 2.45) is 0 Å². The summed E-state index contributed by atoms with van der Waals surface area (Å²) in [5.41, 5.74) is 4.94. The second-order valence-corrected chi connectivity index (χ2v) is 7.23. The molecule has 0 radical (unpaired) electrons. The van der Waals surface area contributed by atoms with Gasteiger partial charge in [-0.1, -0.05) is 12.1 Å². The predicted octanol–water partition coefficient (Wildman–Crippen LogP) is 3.04. The third kappa shape index (κ3) is 3.87. The number of fused-ring (bicyclic) bond motifs is 1. The highest BCUT2D eigenvalue weighted by Gasteiger charge is 2.28. The standard InChI is InChI=1S/C18H21N3O2S.ClH/c1-11-16(19-7-8-23-11)17(22)21-18-20-15(10-24-18)14-6-5-12-3-2-4-13(12)9-14;/h5-6,9-11,16,19H,2-4,7-8H2,1H3,(H,20,21,22);1H/t11-,16+;/m1./s1. The van der Waals surface area contributed by atoms with E-state index < -0.39 is 0 Å². The second-order valence-electron chi connectivity index (χ2n) is 6.37. The van der Waals surface area contributed by atoms with Crippen LogP contribution in [0.1, 0.15) is 24.5 Å². The average Bonchev–Trinajstić information content (AvgIpc) is 3.23. The number of halogens is 1. The molecule has 1 amide bonds. The molecule has 2 aromatic rings. The van der Waals surface area contributed by atoms with Crippen molar-refractivity contribution in [1.29, 1.82) is 0 Å². The van der Waals surface area contributed by atoms with Crippen LogP contribution < -0.4 is 10.6 Å². The lowest BCUT2D eigenvalue weighted by molar-refractivity contribution is -0.123. The monoisotopic (exact) mass is 379 g/mol. The number of ether oxygens (including phenoxy) is 1. The zero-order valence-electron chi connectivity index (χ0n) is 14.1. The number of carbonyl (C=O) groups excluding carboxylic acids is 1. The Balaban J connectivity index is 0.00000182. The van der Waals surface area contributed by atoms with Crippen molar-refractivity contribution in [3.63, 3.8) is 0 Å². The minimum absolute atomic E-state index is 0. The fraction of sp³-hybridized carbons (Fsp3) is 0.444. The summed E-state index contributed by atoms with van der Waals surface area (Å²) < 4.78 is 5.53. The van der Waals surface area contributed by atoms with Crippen molar-refractivity contribution in [2.75, 3.05) is 18.5 Å². The Hall–Kier alpha value is -1.47. The highest BCUT2D eigenvalue weighted by molar-refractivity contribution is 7.14. The lowest BCUT2D eigenvalue weighted by Crippen LogP contribution is -2.53. The first-order chi connectivity index (χ1) is 11.7. The molecule has 134 valence electrons. The molecule has 0 spiro atoms. The van der Waals surface area contributed by atoms with E-state index in [0.29, 0.717) is 18.3 Å². The minimum Gasteiger partial charge on any atom is -0.375 e. The number of rotatable bonds is 3. The quantitative estimate of drug-likeness (QED) is 0.860. The number of anilines is 1. The first-order valence-electron chi connectivity index (χ1n) is 8.44. The highest BCUT2D eigenvalue weighted by Crippen LogP contribution is 2.30. The zero-order chi connectivity index (χ0) is 16.5. The van der Waals surface area contributed by atoms with Crippen molar-refractivity contribution >= 4 is 34.8 Å². The van der Waals surface area contributed by atoms with Gasteiger partial charge < -0.3 is 15.4 Å². The minimum atomic E-state index is -0.328. The van der Waals surface area contributed by atoms with E-state index in [0.717, 1.165) is 17.7 Å². The largest absolute Gasteiger partial charge is 0.375 e. The molecule has 1 aromatic heterocycles. The summed E-state index contributed by atoms with van der Waals surface area (Å²) in [5.74, 6) is -0.0861. The van der Waals surface area contributed by atoms with Crippen molar-refractivity contribution in [3.8, 4) is 11.3 Å². The lowest BCUT2D eigenvalue weighted by atomic mass is 10.1. The first-order valence-corrected chi connectivity index (χ1v) is 9.32. The van der Waals surface area contributed by atoms with Gasteiger partial charge in [-0.05, 0) is 43.4 Å². The van der Waals surface area contributed by atoms with Gasteiger partial charge in [0.2, 0.25) is 5.91 Å². The molecule has 2 atom stereocenters. The Morgan fingerprint density at radius 2 is 2.20 bits per heavy atom. The van der Waals surface area contributed by atoms with Gasteiger partial charge in [-0.3, -0.25) is 4.79 Å². The van der Waals surface area contributed by atoms with Crippen LogP contribution in [0.25, 0.3) is 11.3 Å². The van der Waals surface area contributed by atoms with Crippen LogP contribution in [0.4, 0.5) is 5.13 Å². The molecule has 7 heteroatoms. The summed E-state index contributed by atoms with van der Waals surface area (Å²) in [5, 5.41) is 8.74. The Labute approximate surface area is 157 Å². The van der Waals surface area contributed by atoms with Crippen molar-refractivity contribution < 1.29 is 9.53 Å². The lowest BCUT2D eigenvalue weighted by Gasteiger charge is -2.28. The molecular formula is C18H22ClN3O2S. The molecule has 1 fully saturated rings. The Morgan fingerprint density at radius 1 is 1.36 bits per heavy atom. The van der Waals surface area contributed by atoms with E-state index in [9.17, 15) is 4.79 Å². The SMILES string of the molecule is C[C@H]1OCCN[C@@H]1C(=O)Nc1nc(-c2ccc3c(c2)CCC3)cs1.Cl. The van der Waals surface area contributed by atoms with Gasteiger partial charge in [-0.15, -0.1) is 23.7 Å². The van der Waals surface area contributed by atoms with Gasteiger partial charge in [-0.2, -0.15) is 0 Å². The number of benzene rings is 1. The summed E-state index contributed by atoms with van der Waals surface area (Å²) in [6, 6.07) is 6.25. The van der Waals surface area contributed by atoms with E-state index in [-0.39, 0.29) is 30.5 Å². The number of carbonyl (C=O) groups is 1. The average molecular weight is 380 g/mol. The van der Waals surface area contributed by atoms with Crippen LogP contribution in [0.5, 0.6) is 0 Å². The van der Waals surface area contributed by atoms with Gasteiger partial charge >= 0.3 is 0 Å². The molecule has 4 rings (SSSR count). The molecule has 2 aliphatic rings. The number of amides is 1. The molecule has 1 aliphatic heterocycles. The smallest absolute Gasteiger partial charge is 0.245 e. The van der Waals surface area contributed by atoms with Crippen molar-refractivity contribution in [1.82, 2.24) is 10.3 Å². The fourth-order valence-electron chi connectivity index (χ4n) is 3.41. The normalized spacial score (nSPS) is 22.1. The third-order valence-electron chi connectivity index (χ3n) is 4.73. The second kappa shape index (κ2) is 7.83. The maximum atomic E-state index is 12.4. The van der Waals surface area contributed by atoms with E-state index in [1.165, 1.54) is 35.3 Å². The van der Waals surface area contributed by atoms with Crippen LogP contribution in [0.2, 0.25) is 0 Å². The van der Waals surface area contributed by atoms with Crippen molar-refractivity contribution in [3.05, 3.63) is 34.7 Å². The number of thiazole rings is 1. The van der Waals surface area contributed by atoms with E-state index >= 15 is 0 Å². The van der Waals surface area contributed by atoms with Crippen LogP contribution in [0.15, 0.2) is 23.6 Å². The number of hydrogen-bond donors (Lipinski definition) is 2. The molecule has 5 nitrogen and oxygen atoms in total. The summed E-state index contributed by atoms with van der Waals surface area (Å²) in [4.78, 5) is 17.0. The van der Waals surface area contributed by atoms with Gasteiger partial charge in [0, 0.05) is 17.5 Å². The van der Waals surface area contributed by atoms with Crippen LogP contribution in [0, 0.1) is 0 Å². The summed E-state index contributed by atoms with van der Waals surface area (Å²) in [6.45, 7) is 3.25. The summed E-state index contributed by atoms with van der Waals surface area (Å²) in [6.07, 6.45) is 3.45. The number of aryl methyl sites for hydroxylation is 2. The third-order valence-corrected chi connectivity index (χ3v) is 5.49. The van der Waals surface area contributed by atoms with Crippen LogP contribution in [-0.4, -0.2) is 36.2 Å². The van der Waals surface area contributed by atoms with Crippen LogP contribution in [-0.2, 0) is 22.4 Å². The molecule has 25 heavy (non-hydrogen) atoms. The summed E-state index contributed by atoms with van der Waals surface area (Å²) in [7, 11) is 0. The molecule has 1 aromatic carbocycles. The zero-order valence-corrected chi connectivity index (χ0v) is 15.7. The Bertz CT molecular complexity index is 765. The Kier molecular flexibility index (Phi) is 5.74. The number of hydrogen-bond acceptors (Lipinski definition) is 5. The molecule has 2 N–H and O–H groups in total. The van der Waals surface area contributed by atoms with E-state index in [2.05, 4.69) is 33.8 Å². The van der Waals surface area contributed by atoms with Gasteiger partial charge in [0.15, 0.2) is 5.13 Å². The molecule has 1 aliphatic carbocycles. The van der Waals surface area contributed by atoms with Gasteiger partial charge in [0.05, 0.1) is 18.4 Å². The predicted molar refractivity (Wildman–Crippen MR) is 103 cm³/mol. The molecule has 0 bridgehead atoms. The fourth-order valence-corrected chi connectivity index (χ4v) is 4.13. The maximum Gasteiger partial charge on any atom is 0.245 e. The van der Waals surface area contributed by atoms with Gasteiger partial charge in [0.25, 0.3) is 0 Å².